The highest BCUT2D eigenvalue weighted by Gasteiger charge is 2.17. The number of carbonyl (C=O) groups excluding carboxylic acids is 3. The topological polar surface area (TPSA) is 93.7 Å². The van der Waals surface area contributed by atoms with Crippen LogP contribution in [0.1, 0.15) is 34.6 Å². The van der Waals surface area contributed by atoms with Crippen molar-refractivity contribution in [1.29, 1.82) is 0 Å². The SMILES string of the molecule is COC(=O)c1ccc(C(=O)OC)c(NC(=O)N/C=C/C(C)C)c1. The summed E-state index contributed by atoms with van der Waals surface area (Å²) in [6, 6.07) is 3.61. The number of esters is 2. The second-order valence-electron chi connectivity index (χ2n) is 4.95. The van der Waals surface area contributed by atoms with Gasteiger partial charge in [-0.1, -0.05) is 19.9 Å². The summed E-state index contributed by atoms with van der Waals surface area (Å²) in [6.07, 6.45) is 3.30. The summed E-state index contributed by atoms with van der Waals surface area (Å²) in [5.41, 5.74) is 0.478. The largest absolute Gasteiger partial charge is 0.465 e. The van der Waals surface area contributed by atoms with Crippen LogP contribution in [0, 0.1) is 5.92 Å². The van der Waals surface area contributed by atoms with Crippen molar-refractivity contribution in [2.75, 3.05) is 19.5 Å². The number of rotatable bonds is 5. The van der Waals surface area contributed by atoms with Crippen LogP contribution < -0.4 is 10.6 Å². The van der Waals surface area contributed by atoms with E-state index >= 15 is 0 Å². The third kappa shape index (κ3) is 5.46. The molecule has 1 aromatic carbocycles. The first kappa shape index (κ1) is 18.2. The van der Waals surface area contributed by atoms with Crippen LogP contribution in [-0.2, 0) is 9.47 Å². The Labute approximate surface area is 134 Å². The molecule has 0 unspecified atom stereocenters. The standard InChI is InChI=1S/C16H20N2O5/c1-10(2)7-8-17-16(21)18-13-9-11(14(19)22-3)5-6-12(13)15(20)23-4/h5-10H,1-4H3,(H2,17,18,21)/b8-7+. The normalized spacial score (nSPS) is 10.5. The van der Waals surface area contributed by atoms with Gasteiger partial charge in [0.05, 0.1) is 31.0 Å². The summed E-state index contributed by atoms with van der Waals surface area (Å²) in [5.74, 6) is -0.928. The van der Waals surface area contributed by atoms with Crippen molar-refractivity contribution < 1.29 is 23.9 Å². The van der Waals surface area contributed by atoms with E-state index in [4.69, 9.17) is 0 Å². The minimum atomic E-state index is -0.630. The van der Waals surface area contributed by atoms with Crippen LogP contribution in [0.3, 0.4) is 0 Å². The molecule has 7 nitrogen and oxygen atoms in total. The van der Waals surface area contributed by atoms with Crippen LogP contribution in [0.25, 0.3) is 0 Å². The van der Waals surface area contributed by atoms with Crippen LogP contribution >= 0.6 is 0 Å². The third-order valence-corrected chi connectivity index (χ3v) is 2.79. The molecule has 0 atom stereocenters. The first-order valence-corrected chi connectivity index (χ1v) is 6.94. The maximum absolute atomic E-state index is 11.9. The molecular weight excluding hydrogens is 300 g/mol. The number of ether oxygens (including phenoxy) is 2. The predicted molar refractivity (Wildman–Crippen MR) is 85.3 cm³/mol. The number of benzene rings is 1. The number of hydrogen-bond donors (Lipinski definition) is 2. The van der Waals surface area contributed by atoms with Gasteiger partial charge in [-0.25, -0.2) is 14.4 Å². The van der Waals surface area contributed by atoms with Crippen molar-refractivity contribution >= 4 is 23.7 Å². The third-order valence-electron chi connectivity index (χ3n) is 2.79. The molecule has 0 radical (unpaired) electrons. The fourth-order valence-corrected chi connectivity index (χ4v) is 1.66. The molecule has 124 valence electrons. The Morgan fingerprint density at radius 3 is 2.30 bits per heavy atom. The monoisotopic (exact) mass is 320 g/mol. The lowest BCUT2D eigenvalue weighted by atomic mass is 10.1. The number of amides is 2. The van der Waals surface area contributed by atoms with E-state index in [1.165, 1.54) is 38.6 Å². The highest BCUT2D eigenvalue weighted by molar-refractivity contribution is 6.03. The van der Waals surface area contributed by atoms with Gasteiger partial charge >= 0.3 is 18.0 Å². The summed E-state index contributed by atoms with van der Waals surface area (Å²) >= 11 is 0. The van der Waals surface area contributed by atoms with E-state index in [1.807, 2.05) is 13.8 Å². The average Bonchev–Trinajstić information content (AvgIpc) is 2.52. The molecule has 0 aromatic heterocycles. The van der Waals surface area contributed by atoms with Gasteiger partial charge in [0.2, 0.25) is 0 Å². The van der Waals surface area contributed by atoms with Crippen molar-refractivity contribution in [3.63, 3.8) is 0 Å². The van der Waals surface area contributed by atoms with Crippen LogP contribution in [0.2, 0.25) is 0 Å². The molecule has 1 aromatic rings. The summed E-state index contributed by atoms with van der Waals surface area (Å²) < 4.78 is 9.28. The number of anilines is 1. The van der Waals surface area contributed by atoms with Gasteiger partial charge in [0.15, 0.2) is 0 Å². The molecule has 7 heteroatoms. The Hall–Kier alpha value is -2.83. The lowest BCUT2D eigenvalue weighted by Crippen LogP contribution is -2.25. The summed E-state index contributed by atoms with van der Waals surface area (Å²) in [6.45, 7) is 3.93. The number of urea groups is 1. The van der Waals surface area contributed by atoms with E-state index in [-0.39, 0.29) is 22.7 Å². The maximum atomic E-state index is 11.9. The molecule has 0 aliphatic heterocycles. The van der Waals surface area contributed by atoms with E-state index in [0.29, 0.717) is 0 Å². The quantitative estimate of drug-likeness (QED) is 0.813. The molecule has 0 aliphatic carbocycles. The second kappa shape index (κ2) is 8.57. The van der Waals surface area contributed by atoms with E-state index < -0.39 is 18.0 Å². The average molecular weight is 320 g/mol. The van der Waals surface area contributed by atoms with Crippen LogP contribution in [-0.4, -0.2) is 32.2 Å². The zero-order chi connectivity index (χ0) is 17.4. The number of hydrogen-bond acceptors (Lipinski definition) is 5. The van der Waals surface area contributed by atoms with E-state index in [0.717, 1.165) is 0 Å². The Bertz CT molecular complexity index is 623. The minimum absolute atomic E-state index is 0.128. The summed E-state index contributed by atoms with van der Waals surface area (Å²) in [4.78, 5) is 35.2. The van der Waals surface area contributed by atoms with Gasteiger partial charge in [-0.3, -0.25) is 0 Å². The summed E-state index contributed by atoms with van der Waals surface area (Å²) in [7, 11) is 2.47. The van der Waals surface area contributed by atoms with Gasteiger partial charge < -0.3 is 20.1 Å². The van der Waals surface area contributed by atoms with Gasteiger partial charge in [0, 0.05) is 6.20 Å². The first-order chi connectivity index (χ1) is 10.9. The molecule has 0 heterocycles. The molecule has 23 heavy (non-hydrogen) atoms. The lowest BCUT2D eigenvalue weighted by molar-refractivity contribution is 0.0587. The summed E-state index contributed by atoms with van der Waals surface area (Å²) in [5, 5.41) is 5.02. The fourth-order valence-electron chi connectivity index (χ4n) is 1.66. The first-order valence-electron chi connectivity index (χ1n) is 6.94. The molecule has 0 spiro atoms. The van der Waals surface area contributed by atoms with Crippen LogP contribution in [0.15, 0.2) is 30.5 Å². The highest BCUT2D eigenvalue weighted by Crippen LogP contribution is 2.19. The Balaban J connectivity index is 3.02. The second-order valence-corrected chi connectivity index (χ2v) is 4.95. The number of methoxy groups -OCH3 is 2. The molecular formula is C16H20N2O5. The Morgan fingerprint density at radius 2 is 1.74 bits per heavy atom. The van der Waals surface area contributed by atoms with E-state index in [1.54, 1.807) is 6.08 Å². The predicted octanol–water partition coefficient (Wildman–Crippen LogP) is 2.55. The lowest BCUT2D eigenvalue weighted by Gasteiger charge is -2.11. The van der Waals surface area contributed by atoms with Crippen molar-refractivity contribution in [3.8, 4) is 0 Å². The Morgan fingerprint density at radius 1 is 1.09 bits per heavy atom. The molecule has 0 aliphatic rings. The van der Waals surface area contributed by atoms with Crippen molar-refractivity contribution in [3.05, 3.63) is 41.6 Å². The van der Waals surface area contributed by atoms with Gasteiger partial charge in [-0.15, -0.1) is 0 Å². The van der Waals surface area contributed by atoms with Gasteiger partial charge in [-0.2, -0.15) is 0 Å². The van der Waals surface area contributed by atoms with Gasteiger partial charge in [-0.05, 0) is 24.1 Å². The highest BCUT2D eigenvalue weighted by atomic mass is 16.5. The number of nitrogens with one attached hydrogen (secondary N) is 2. The van der Waals surface area contributed by atoms with Crippen molar-refractivity contribution in [2.24, 2.45) is 5.92 Å². The minimum Gasteiger partial charge on any atom is -0.465 e. The number of carbonyl (C=O) groups is 3. The van der Waals surface area contributed by atoms with Gasteiger partial charge in [0.1, 0.15) is 0 Å². The smallest absolute Gasteiger partial charge is 0.339 e. The van der Waals surface area contributed by atoms with Crippen molar-refractivity contribution in [2.45, 2.75) is 13.8 Å². The maximum Gasteiger partial charge on any atom is 0.339 e. The molecule has 2 N–H and O–H groups in total. The number of allylic oxidation sites excluding steroid dienone is 1. The zero-order valence-corrected chi connectivity index (χ0v) is 13.5. The molecule has 0 saturated carbocycles. The molecule has 0 bridgehead atoms. The van der Waals surface area contributed by atoms with Crippen LogP contribution in [0.5, 0.6) is 0 Å². The molecule has 1 rings (SSSR count). The van der Waals surface area contributed by atoms with Crippen molar-refractivity contribution in [1.82, 2.24) is 5.32 Å². The van der Waals surface area contributed by atoms with E-state index in [9.17, 15) is 14.4 Å². The fraction of sp³-hybridized carbons (Fsp3) is 0.312. The molecule has 0 saturated heterocycles. The molecule has 0 fully saturated rings. The molecule has 2 amide bonds. The van der Waals surface area contributed by atoms with Crippen LogP contribution in [0.4, 0.5) is 10.5 Å². The van der Waals surface area contributed by atoms with E-state index in [2.05, 4.69) is 20.1 Å². The Kier molecular flexibility index (Phi) is 6.79. The zero-order valence-electron chi connectivity index (χ0n) is 13.5. The van der Waals surface area contributed by atoms with Gasteiger partial charge in [0.25, 0.3) is 0 Å².